The highest BCUT2D eigenvalue weighted by Crippen LogP contribution is 2.26. The molecule has 1 aromatic rings. The van der Waals surface area contributed by atoms with Crippen molar-refractivity contribution in [3.63, 3.8) is 0 Å². The standard InChI is InChI=1S/C15H26N4/c1-19-7-4-13(5-8-19)14-11-17-15(18-14)9-12-3-2-6-16-10-12/h11-13,16H,2-10H2,1H3,(H,17,18). The number of piperidine rings is 2. The maximum Gasteiger partial charge on any atom is 0.106 e. The number of hydrogen-bond donors (Lipinski definition) is 2. The third kappa shape index (κ3) is 3.37. The molecule has 106 valence electrons. The first kappa shape index (κ1) is 13.1. The fourth-order valence-corrected chi connectivity index (χ4v) is 3.38. The third-order valence-electron chi connectivity index (χ3n) is 4.69. The summed E-state index contributed by atoms with van der Waals surface area (Å²) in [5.41, 5.74) is 1.37. The zero-order chi connectivity index (χ0) is 13.1. The van der Waals surface area contributed by atoms with Crippen LogP contribution in [0.5, 0.6) is 0 Å². The van der Waals surface area contributed by atoms with Crippen LogP contribution >= 0.6 is 0 Å². The van der Waals surface area contributed by atoms with E-state index in [-0.39, 0.29) is 0 Å². The molecule has 0 radical (unpaired) electrons. The fraction of sp³-hybridized carbons (Fsp3) is 0.800. The average molecular weight is 262 g/mol. The summed E-state index contributed by atoms with van der Waals surface area (Å²) in [6.07, 6.45) is 8.39. The first-order valence-electron chi connectivity index (χ1n) is 7.74. The van der Waals surface area contributed by atoms with E-state index in [1.165, 1.54) is 56.8 Å². The monoisotopic (exact) mass is 262 g/mol. The van der Waals surface area contributed by atoms with Crippen molar-refractivity contribution in [3.8, 4) is 0 Å². The normalized spacial score (nSPS) is 26.7. The molecule has 0 spiro atoms. The van der Waals surface area contributed by atoms with E-state index in [0.717, 1.165) is 18.9 Å². The van der Waals surface area contributed by atoms with E-state index < -0.39 is 0 Å². The molecular weight excluding hydrogens is 236 g/mol. The van der Waals surface area contributed by atoms with Gasteiger partial charge in [-0.3, -0.25) is 0 Å². The van der Waals surface area contributed by atoms with Gasteiger partial charge in [0.05, 0.1) is 0 Å². The Balaban J connectivity index is 1.56. The Labute approximate surface area is 116 Å². The van der Waals surface area contributed by atoms with Gasteiger partial charge in [0.2, 0.25) is 0 Å². The molecule has 0 saturated carbocycles. The number of likely N-dealkylation sites (tertiary alicyclic amines) is 1. The summed E-state index contributed by atoms with van der Waals surface area (Å²) in [6, 6.07) is 0. The van der Waals surface area contributed by atoms with Crippen LogP contribution in [-0.2, 0) is 6.42 Å². The van der Waals surface area contributed by atoms with E-state index in [4.69, 9.17) is 0 Å². The van der Waals surface area contributed by atoms with E-state index >= 15 is 0 Å². The van der Waals surface area contributed by atoms with Crippen molar-refractivity contribution in [3.05, 3.63) is 17.7 Å². The quantitative estimate of drug-likeness (QED) is 0.872. The second-order valence-corrected chi connectivity index (χ2v) is 6.28. The lowest BCUT2D eigenvalue weighted by atomic mass is 9.94. The van der Waals surface area contributed by atoms with Crippen LogP contribution in [0.4, 0.5) is 0 Å². The summed E-state index contributed by atoms with van der Waals surface area (Å²) in [6.45, 7) is 4.77. The highest BCUT2D eigenvalue weighted by Gasteiger charge is 2.21. The molecule has 19 heavy (non-hydrogen) atoms. The number of hydrogen-bond acceptors (Lipinski definition) is 3. The van der Waals surface area contributed by atoms with Crippen molar-refractivity contribution in [2.45, 2.75) is 38.0 Å². The van der Waals surface area contributed by atoms with Crippen LogP contribution in [0.2, 0.25) is 0 Å². The lowest BCUT2D eigenvalue weighted by Gasteiger charge is -2.28. The predicted molar refractivity (Wildman–Crippen MR) is 77.4 cm³/mol. The molecule has 2 aliphatic heterocycles. The third-order valence-corrected chi connectivity index (χ3v) is 4.69. The lowest BCUT2D eigenvalue weighted by molar-refractivity contribution is 0.253. The Morgan fingerprint density at radius 2 is 2.16 bits per heavy atom. The van der Waals surface area contributed by atoms with Crippen LogP contribution < -0.4 is 5.32 Å². The Bertz CT molecular complexity index is 387. The summed E-state index contributed by atoms with van der Waals surface area (Å²) < 4.78 is 0. The SMILES string of the molecule is CN1CCC(c2cnc(CC3CCCNC3)[nH]2)CC1. The van der Waals surface area contributed by atoms with Crippen LogP contribution in [0.25, 0.3) is 0 Å². The van der Waals surface area contributed by atoms with Gasteiger partial charge in [0.1, 0.15) is 5.82 Å². The molecular formula is C15H26N4. The van der Waals surface area contributed by atoms with Gasteiger partial charge in [-0.05, 0) is 64.8 Å². The number of imidazole rings is 1. The largest absolute Gasteiger partial charge is 0.346 e. The van der Waals surface area contributed by atoms with Gasteiger partial charge in [-0.2, -0.15) is 0 Å². The average Bonchev–Trinajstić information content (AvgIpc) is 2.89. The molecule has 1 aromatic heterocycles. The van der Waals surface area contributed by atoms with Crippen molar-refractivity contribution in [1.29, 1.82) is 0 Å². The Kier molecular flexibility index (Phi) is 4.18. The molecule has 3 heterocycles. The Morgan fingerprint density at radius 3 is 2.89 bits per heavy atom. The van der Waals surface area contributed by atoms with Crippen molar-refractivity contribution in [2.24, 2.45) is 5.92 Å². The first-order valence-corrected chi connectivity index (χ1v) is 7.74. The zero-order valence-corrected chi connectivity index (χ0v) is 12.0. The minimum absolute atomic E-state index is 0.696. The number of nitrogens with zero attached hydrogens (tertiary/aromatic N) is 2. The molecule has 0 amide bonds. The summed E-state index contributed by atoms with van der Waals surface area (Å²) in [5, 5.41) is 3.48. The maximum absolute atomic E-state index is 4.61. The van der Waals surface area contributed by atoms with Crippen LogP contribution in [0.3, 0.4) is 0 Å². The van der Waals surface area contributed by atoms with Crippen molar-refractivity contribution in [2.75, 3.05) is 33.2 Å². The molecule has 2 fully saturated rings. The van der Waals surface area contributed by atoms with E-state index in [1.54, 1.807) is 0 Å². The lowest BCUT2D eigenvalue weighted by Crippen LogP contribution is -2.31. The van der Waals surface area contributed by atoms with Gasteiger partial charge < -0.3 is 15.2 Å². The van der Waals surface area contributed by atoms with Gasteiger partial charge in [0.15, 0.2) is 0 Å². The molecule has 4 heteroatoms. The molecule has 2 saturated heterocycles. The Hall–Kier alpha value is -0.870. The highest BCUT2D eigenvalue weighted by atomic mass is 15.1. The van der Waals surface area contributed by atoms with Crippen molar-refractivity contribution >= 4 is 0 Å². The number of aromatic nitrogens is 2. The highest BCUT2D eigenvalue weighted by molar-refractivity contribution is 5.09. The number of nitrogens with one attached hydrogen (secondary N) is 2. The fourth-order valence-electron chi connectivity index (χ4n) is 3.38. The summed E-state index contributed by atoms with van der Waals surface area (Å²) in [7, 11) is 2.21. The Morgan fingerprint density at radius 1 is 1.32 bits per heavy atom. The molecule has 0 aromatic carbocycles. The predicted octanol–water partition coefficient (Wildman–Crippen LogP) is 1.76. The molecule has 3 rings (SSSR count). The van der Waals surface area contributed by atoms with Gasteiger partial charge in [-0.15, -0.1) is 0 Å². The van der Waals surface area contributed by atoms with E-state index in [2.05, 4.69) is 33.4 Å². The van der Waals surface area contributed by atoms with Crippen molar-refractivity contribution < 1.29 is 0 Å². The van der Waals surface area contributed by atoms with E-state index in [0.29, 0.717) is 5.92 Å². The van der Waals surface area contributed by atoms with Crippen molar-refractivity contribution in [1.82, 2.24) is 20.2 Å². The molecule has 1 unspecified atom stereocenters. The summed E-state index contributed by atoms with van der Waals surface area (Å²) in [5.74, 6) is 2.66. The smallest absolute Gasteiger partial charge is 0.106 e. The topological polar surface area (TPSA) is 44.0 Å². The van der Waals surface area contributed by atoms with E-state index in [1.807, 2.05) is 0 Å². The zero-order valence-electron chi connectivity index (χ0n) is 12.0. The van der Waals surface area contributed by atoms with Crippen LogP contribution in [0.1, 0.15) is 43.1 Å². The summed E-state index contributed by atoms with van der Waals surface area (Å²) in [4.78, 5) is 10.6. The van der Waals surface area contributed by atoms with Crippen LogP contribution in [0.15, 0.2) is 6.20 Å². The van der Waals surface area contributed by atoms with Gasteiger partial charge in [0.25, 0.3) is 0 Å². The second-order valence-electron chi connectivity index (χ2n) is 6.28. The number of aromatic amines is 1. The number of H-pyrrole nitrogens is 1. The van der Waals surface area contributed by atoms with Gasteiger partial charge in [-0.25, -0.2) is 4.98 Å². The molecule has 2 aliphatic rings. The van der Waals surface area contributed by atoms with Gasteiger partial charge >= 0.3 is 0 Å². The molecule has 0 aliphatic carbocycles. The number of rotatable bonds is 3. The van der Waals surface area contributed by atoms with E-state index in [9.17, 15) is 0 Å². The minimum Gasteiger partial charge on any atom is -0.346 e. The minimum atomic E-state index is 0.696. The molecule has 4 nitrogen and oxygen atoms in total. The van der Waals surface area contributed by atoms with Crippen LogP contribution in [-0.4, -0.2) is 48.1 Å². The van der Waals surface area contributed by atoms with Gasteiger partial charge in [0, 0.05) is 24.2 Å². The van der Waals surface area contributed by atoms with Crippen LogP contribution in [0, 0.1) is 5.92 Å². The van der Waals surface area contributed by atoms with Gasteiger partial charge in [-0.1, -0.05) is 0 Å². The first-order chi connectivity index (χ1) is 9.31. The summed E-state index contributed by atoms with van der Waals surface area (Å²) >= 11 is 0. The second kappa shape index (κ2) is 6.06. The molecule has 2 N–H and O–H groups in total. The molecule has 1 atom stereocenters. The molecule has 0 bridgehead atoms. The maximum atomic E-state index is 4.61.